The van der Waals surface area contributed by atoms with Crippen molar-refractivity contribution in [3.8, 4) is 0 Å². The van der Waals surface area contributed by atoms with Crippen LogP contribution in [0.25, 0.3) is 0 Å². The Labute approximate surface area is 121 Å². The van der Waals surface area contributed by atoms with Crippen molar-refractivity contribution in [1.29, 1.82) is 0 Å². The monoisotopic (exact) mass is 294 g/mol. The number of nitrogens with zero attached hydrogens (tertiary/aromatic N) is 1. The van der Waals surface area contributed by atoms with Gasteiger partial charge in [0.05, 0.1) is 6.04 Å². The normalized spacial score (nSPS) is 25.2. The number of benzene rings is 1. The number of hydrogen-bond donors (Lipinski definition) is 1. The first-order valence-electron chi connectivity index (χ1n) is 7.08. The lowest BCUT2D eigenvalue weighted by Gasteiger charge is -2.17. The van der Waals surface area contributed by atoms with Gasteiger partial charge in [0, 0.05) is 25.1 Å². The first kappa shape index (κ1) is 14.0. The van der Waals surface area contributed by atoms with Crippen LogP contribution in [0.5, 0.6) is 0 Å². The molecule has 2 aliphatic heterocycles. The number of likely N-dealkylation sites (tertiary alicyclic amines) is 1. The van der Waals surface area contributed by atoms with Crippen molar-refractivity contribution in [2.24, 2.45) is 5.92 Å². The summed E-state index contributed by atoms with van der Waals surface area (Å²) in [6, 6.07) is 3.13. The number of hydrogen-bond acceptors (Lipinski definition) is 2. The molecule has 0 saturated carbocycles. The van der Waals surface area contributed by atoms with Crippen molar-refractivity contribution >= 4 is 11.8 Å². The molecule has 0 unspecified atom stereocenters. The van der Waals surface area contributed by atoms with Crippen molar-refractivity contribution in [2.45, 2.75) is 25.3 Å². The summed E-state index contributed by atoms with van der Waals surface area (Å²) in [7, 11) is 0. The lowest BCUT2D eigenvalue weighted by Crippen LogP contribution is -2.39. The Morgan fingerprint density at radius 2 is 2.05 bits per heavy atom. The summed E-state index contributed by atoms with van der Waals surface area (Å²) in [5.74, 6) is -2.06. The molecule has 0 radical (unpaired) electrons. The van der Waals surface area contributed by atoms with Gasteiger partial charge in [-0.15, -0.1) is 0 Å². The fourth-order valence-electron chi connectivity index (χ4n) is 3.11. The second kappa shape index (κ2) is 5.42. The minimum absolute atomic E-state index is 0.0182. The van der Waals surface area contributed by atoms with Crippen molar-refractivity contribution in [3.63, 3.8) is 0 Å². The quantitative estimate of drug-likeness (QED) is 0.857. The van der Waals surface area contributed by atoms with Gasteiger partial charge >= 0.3 is 0 Å². The van der Waals surface area contributed by atoms with Crippen molar-refractivity contribution in [2.75, 3.05) is 13.1 Å². The molecule has 0 aliphatic carbocycles. The van der Waals surface area contributed by atoms with Crippen LogP contribution in [0.2, 0.25) is 0 Å². The van der Waals surface area contributed by atoms with E-state index in [0.717, 1.165) is 25.0 Å². The van der Waals surface area contributed by atoms with E-state index in [0.29, 0.717) is 19.5 Å². The highest BCUT2D eigenvalue weighted by atomic mass is 19.2. The van der Waals surface area contributed by atoms with Gasteiger partial charge in [-0.1, -0.05) is 0 Å². The molecule has 2 saturated heterocycles. The van der Waals surface area contributed by atoms with Crippen LogP contribution in [0.1, 0.15) is 29.6 Å². The first-order chi connectivity index (χ1) is 10.0. The Hall–Kier alpha value is -1.98. The summed E-state index contributed by atoms with van der Waals surface area (Å²) in [4.78, 5) is 25.5. The van der Waals surface area contributed by atoms with Crippen LogP contribution in [-0.2, 0) is 4.79 Å². The molecule has 0 aromatic heterocycles. The summed E-state index contributed by atoms with van der Waals surface area (Å²) in [6.45, 7) is 0.969. The van der Waals surface area contributed by atoms with Gasteiger partial charge in [-0.05, 0) is 37.0 Å². The van der Waals surface area contributed by atoms with Crippen LogP contribution < -0.4 is 5.32 Å². The predicted molar refractivity (Wildman–Crippen MR) is 71.5 cm³/mol. The van der Waals surface area contributed by atoms with E-state index in [9.17, 15) is 18.4 Å². The van der Waals surface area contributed by atoms with Crippen molar-refractivity contribution in [3.05, 3.63) is 35.4 Å². The van der Waals surface area contributed by atoms with Crippen LogP contribution in [0, 0.1) is 17.6 Å². The van der Waals surface area contributed by atoms with E-state index in [2.05, 4.69) is 5.32 Å². The molecule has 1 N–H and O–H groups in total. The standard InChI is InChI=1S/C15H16F2N2O2/c16-11-5-4-9(6-12(11)17)15(21)19-7-10-2-1-3-14(20)18-13(10)8-19/h4-6,10,13H,1-3,7-8H2,(H,18,20)/t10-,13+/m1/s1. The zero-order valence-corrected chi connectivity index (χ0v) is 11.4. The highest BCUT2D eigenvalue weighted by Crippen LogP contribution is 2.26. The molecule has 1 aromatic rings. The summed E-state index contributed by atoms with van der Waals surface area (Å²) < 4.78 is 26.1. The molecular weight excluding hydrogens is 278 g/mol. The van der Waals surface area contributed by atoms with E-state index in [1.54, 1.807) is 4.90 Å². The van der Waals surface area contributed by atoms with E-state index in [1.165, 1.54) is 6.07 Å². The van der Waals surface area contributed by atoms with Gasteiger partial charge in [0.2, 0.25) is 5.91 Å². The minimum atomic E-state index is -1.03. The number of rotatable bonds is 1. The third-order valence-electron chi connectivity index (χ3n) is 4.22. The summed E-state index contributed by atoms with van der Waals surface area (Å²) in [5, 5.41) is 2.93. The Balaban J connectivity index is 1.74. The number of amides is 2. The van der Waals surface area contributed by atoms with Crippen LogP contribution >= 0.6 is 0 Å². The Bertz CT molecular complexity index is 591. The van der Waals surface area contributed by atoms with Crippen molar-refractivity contribution < 1.29 is 18.4 Å². The van der Waals surface area contributed by atoms with Gasteiger partial charge in [-0.25, -0.2) is 8.78 Å². The third kappa shape index (κ3) is 2.75. The van der Waals surface area contributed by atoms with Crippen molar-refractivity contribution in [1.82, 2.24) is 10.2 Å². The predicted octanol–water partition coefficient (Wildman–Crippen LogP) is 1.71. The van der Waals surface area contributed by atoms with Gasteiger partial charge in [-0.3, -0.25) is 9.59 Å². The molecule has 0 spiro atoms. The lowest BCUT2D eigenvalue weighted by molar-refractivity contribution is -0.121. The van der Waals surface area contributed by atoms with Gasteiger partial charge in [0.15, 0.2) is 11.6 Å². The molecule has 21 heavy (non-hydrogen) atoms. The lowest BCUT2D eigenvalue weighted by atomic mass is 9.99. The summed E-state index contributed by atoms with van der Waals surface area (Å²) in [5.41, 5.74) is 0.136. The fraction of sp³-hybridized carbons (Fsp3) is 0.467. The van der Waals surface area contributed by atoms with E-state index in [4.69, 9.17) is 0 Å². The second-order valence-corrected chi connectivity index (χ2v) is 5.67. The molecule has 0 bridgehead atoms. The number of carbonyl (C=O) groups is 2. The zero-order valence-electron chi connectivity index (χ0n) is 11.4. The fourth-order valence-corrected chi connectivity index (χ4v) is 3.11. The summed E-state index contributed by atoms with van der Waals surface area (Å²) in [6.07, 6.45) is 2.25. The van der Waals surface area contributed by atoms with Gasteiger partial charge in [-0.2, -0.15) is 0 Å². The highest BCUT2D eigenvalue weighted by molar-refractivity contribution is 5.94. The number of carbonyl (C=O) groups excluding carboxylic acids is 2. The molecular formula is C15H16F2N2O2. The molecule has 2 heterocycles. The van der Waals surface area contributed by atoms with E-state index in [-0.39, 0.29) is 29.3 Å². The smallest absolute Gasteiger partial charge is 0.254 e. The number of nitrogens with one attached hydrogen (secondary N) is 1. The Morgan fingerprint density at radius 1 is 1.24 bits per heavy atom. The molecule has 1 aromatic carbocycles. The van der Waals surface area contributed by atoms with E-state index < -0.39 is 11.6 Å². The molecule has 2 amide bonds. The molecule has 4 nitrogen and oxygen atoms in total. The number of fused-ring (bicyclic) bond motifs is 1. The summed E-state index contributed by atoms with van der Waals surface area (Å²) >= 11 is 0. The zero-order chi connectivity index (χ0) is 15.0. The van der Waals surface area contributed by atoms with Crippen LogP contribution in [0.15, 0.2) is 18.2 Å². The molecule has 6 heteroatoms. The second-order valence-electron chi connectivity index (χ2n) is 5.67. The molecule has 2 atom stereocenters. The van der Waals surface area contributed by atoms with Gasteiger partial charge in [0.1, 0.15) is 0 Å². The van der Waals surface area contributed by atoms with E-state index in [1.807, 2.05) is 0 Å². The first-order valence-corrected chi connectivity index (χ1v) is 7.08. The van der Waals surface area contributed by atoms with Gasteiger partial charge < -0.3 is 10.2 Å². The maximum atomic E-state index is 13.2. The number of halogens is 2. The SMILES string of the molecule is O=C1CCC[C@@H]2CN(C(=O)c3ccc(F)c(F)c3)C[C@@H]2N1. The highest BCUT2D eigenvalue weighted by Gasteiger charge is 2.37. The maximum Gasteiger partial charge on any atom is 0.254 e. The topological polar surface area (TPSA) is 49.4 Å². The molecule has 3 rings (SSSR count). The average Bonchev–Trinajstić information content (AvgIpc) is 2.76. The maximum absolute atomic E-state index is 13.2. The molecule has 112 valence electrons. The largest absolute Gasteiger partial charge is 0.351 e. The third-order valence-corrected chi connectivity index (χ3v) is 4.22. The van der Waals surface area contributed by atoms with Crippen LogP contribution in [-0.4, -0.2) is 35.8 Å². The Morgan fingerprint density at radius 3 is 2.81 bits per heavy atom. The van der Waals surface area contributed by atoms with Crippen LogP contribution in [0.3, 0.4) is 0 Å². The Kier molecular flexibility index (Phi) is 3.61. The average molecular weight is 294 g/mol. The minimum Gasteiger partial charge on any atom is -0.351 e. The van der Waals surface area contributed by atoms with Crippen LogP contribution in [0.4, 0.5) is 8.78 Å². The van der Waals surface area contributed by atoms with Gasteiger partial charge in [0.25, 0.3) is 5.91 Å². The van der Waals surface area contributed by atoms with E-state index >= 15 is 0 Å². The molecule has 2 aliphatic rings. The molecule has 2 fully saturated rings.